The van der Waals surface area contributed by atoms with Gasteiger partial charge in [0.25, 0.3) is 0 Å². The van der Waals surface area contributed by atoms with Gasteiger partial charge in [-0.1, -0.05) is 44.1 Å². The first-order valence-electron chi connectivity index (χ1n) is 8.59. The molecular weight excluding hydrogens is 270 g/mol. The number of hydrogen-bond donors (Lipinski definition) is 1. The molecule has 0 aliphatic carbocycles. The maximum Gasteiger partial charge on any atom is 0.0395 e. The van der Waals surface area contributed by atoms with Crippen molar-refractivity contribution in [2.75, 3.05) is 13.6 Å². The number of nitrogens with two attached hydrogens (primary N) is 1. The van der Waals surface area contributed by atoms with Crippen molar-refractivity contribution in [2.45, 2.75) is 66.2 Å². The van der Waals surface area contributed by atoms with Gasteiger partial charge >= 0.3 is 0 Å². The Hall–Kier alpha value is -1.35. The molecule has 22 heavy (non-hydrogen) atoms. The van der Waals surface area contributed by atoms with Crippen LogP contribution in [0.4, 0.5) is 0 Å². The number of hydrazine groups is 1. The number of rotatable bonds is 5. The highest BCUT2D eigenvalue weighted by molar-refractivity contribution is 5.95. The molecule has 1 rings (SSSR count). The Labute approximate surface area is 137 Å². The van der Waals surface area contributed by atoms with Gasteiger partial charge in [0.05, 0.1) is 0 Å². The predicted molar refractivity (Wildman–Crippen MR) is 100.0 cm³/mol. The van der Waals surface area contributed by atoms with Crippen LogP contribution in [0.1, 0.15) is 66.2 Å². The molecule has 0 aromatic heterocycles. The molecular formula is C19H35N3. The van der Waals surface area contributed by atoms with E-state index in [1.165, 1.54) is 23.4 Å². The Bertz CT molecular complexity index is 401. The van der Waals surface area contributed by atoms with Crippen molar-refractivity contribution in [3.63, 3.8) is 0 Å². The summed E-state index contributed by atoms with van der Waals surface area (Å²) in [6.45, 7) is 9.34. The van der Waals surface area contributed by atoms with Gasteiger partial charge in [-0.3, -0.25) is 4.99 Å². The van der Waals surface area contributed by atoms with Gasteiger partial charge in [-0.2, -0.15) is 0 Å². The summed E-state index contributed by atoms with van der Waals surface area (Å²) >= 11 is 0. The third kappa shape index (κ3) is 9.56. The molecule has 0 atom stereocenters. The maximum atomic E-state index is 5.76. The monoisotopic (exact) mass is 305 g/mol. The SMILES string of the molecule is C/C=C(/CCCC1=NCCCC(=C\C)/C=C\1)N(C)N.CCC. The first kappa shape index (κ1) is 20.6. The molecule has 1 aliphatic rings. The fourth-order valence-corrected chi connectivity index (χ4v) is 2.22. The molecule has 0 fully saturated rings. The molecule has 1 heterocycles. The summed E-state index contributed by atoms with van der Waals surface area (Å²) in [6, 6.07) is 0. The summed E-state index contributed by atoms with van der Waals surface area (Å²) in [6.07, 6.45) is 15.3. The van der Waals surface area contributed by atoms with Gasteiger partial charge in [-0.15, -0.1) is 0 Å². The zero-order valence-corrected chi connectivity index (χ0v) is 15.2. The standard InChI is InChI=1S/C16H27N3.C3H8/c1-4-14-8-7-13-18-15(12-11-14)9-6-10-16(5-2)19(3)17;1-3-2/h4-5,11-12H,6-10,13,17H2,1-3H3;3H2,1-2H3/b12-11-,14-4+,16-5-,18-15?;. The number of hydrogen-bond acceptors (Lipinski definition) is 3. The zero-order chi connectivity index (χ0) is 16.8. The highest BCUT2D eigenvalue weighted by atomic mass is 15.4. The van der Waals surface area contributed by atoms with E-state index in [2.05, 4.69) is 50.1 Å². The van der Waals surface area contributed by atoms with Gasteiger partial charge in [0.2, 0.25) is 0 Å². The normalized spacial score (nSPS) is 18.7. The molecule has 3 heteroatoms. The van der Waals surface area contributed by atoms with Crippen LogP contribution in [0.15, 0.2) is 40.6 Å². The minimum Gasteiger partial charge on any atom is -0.319 e. The Morgan fingerprint density at radius 1 is 1.32 bits per heavy atom. The largest absolute Gasteiger partial charge is 0.319 e. The Balaban J connectivity index is 0.00000135. The average Bonchev–Trinajstić information content (AvgIpc) is 2.46. The second-order valence-corrected chi connectivity index (χ2v) is 5.63. The van der Waals surface area contributed by atoms with Crippen LogP contribution < -0.4 is 5.84 Å². The summed E-state index contributed by atoms with van der Waals surface area (Å²) in [7, 11) is 1.89. The van der Waals surface area contributed by atoms with Crippen LogP contribution in [-0.4, -0.2) is 24.3 Å². The summed E-state index contributed by atoms with van der Waals surface area (Å²) in [5, 5.41) is 1.70. The van der Waals surface area contributed by atoms with Gasteiger partial charge in [-0.05, 0) is 52.0 Å². The number of aliphatic imine (C=N–C) groups is 1. The van der Waals surface area contributed by atoms with Gasteiger partial charge in [-0.25, -0.2) is 5.84 Å². The van der Waals surface area contributed by atoms with Crippen LogP contribution in [-0.2, 0) is 0 Å². The highest BCUT2D eigenvalue weighted by Crippen LogP contribution is 2.13. The highest BCUT2D eigenvalue weighted by Gasteiger charge is 2.03. The average molecular weight is 306 g/mol. The van der Waals surface area contributed by atoms with Crippen molar-refractivity contribution in [1.82, 2.24) is 5.01 Å². The fraction of sp³-hybridized carbons (Fsp3) is 0.632. The third-order valence-electron chi connectivity index (χ3n) is 3.45. The summed E-state index contributed by atoms with van der Waals surface area (Å²) < 4.78 is 0. The van der Waals surface area contributed by atoms with E-state index in [0.717, 1.165) is 38.6 Å². The van der Waals surface area contributed by atoms with E-state index >= 15 is 0 Å². The molecule has 0 saturated heterocycles. The molecule has 126 valence electrons. The van der Waals surface area contributed by atoms with Gasteiger partial charge in [0, 0.05) is 25.0 Å². The molecule has 0 radical (unpaired) electrons. The second-order valence-electron chi connectivity index (χ2n) is 5.63. The topological polar surface area (TPSA) is 41.6 Å². The quantitative estimate of drug-likeness (QED) is 0.572. The van der Waals surface area contributed by atoms with E-state index in [0.29, 0.717) is 0 Å². The van der Waals surface area contributed by atoms with Crippen LogP contribution >= 0.6 is 0 Å². The van der Waals surface area contributed by atoms with Crippen LogP contribution in [0.2, 0.25) is 0 Å². The van der Waals surface area contributed by atoms with Gasteiger partial charge < -0.3 is 5.01 Å². The third-order valence-corrected chi connectivity index (χ3v) is 3.45. The van der Waals surface area contributed by atoms with Crippen molar-refractivity contribution in [3.8, 4) is 0 Å². The summed E-state index contributed by atoms with van der Waals surface area (Å²) in [5.74, 6) is 5.76. The van der Waals surface area contributed by atoms with Crippen molar-refractivity contribution in [3.05, 3.63) is 35.6 Å². The van der Waals surface area contributed by atoms with E-state index in [1.807, 2.05) is 14.0 Å². The minimum atomic E-state index is 0.949. The lowest BCUT2D eigenvalue weighted by atomic mass is 10.0. The summed E-state index contributed by atoms with van der Waals surface area (Å²) in [4.78, 5) is 4.66. The van der Waals surface area contributed by atoms with E-state index < -0.39 is 0 Å². The van der Waals surface area contributed by atoms with Crippen LogP contribution in [0.25, 0.3) is 0 Å². The maximum absolute atomic E-state index is 5.76. The first-order chi connectivity index (χ1) is 10.6. The lowest BCUT2D eigenvalue weighted by Gasteiger charge is -2.16. The van der Waals surface area contributed by atoms with Gasteiger partial charge in [0.1, 0.15) is 0 Å². The second kappa shape index (κ2) is 13.3. The molecule has 0 spiro atoms. The molecule has 0 aromatic carbocycles. The summed E-state index contributed by atoms with van der Waals surface area (Å²) in [5.41, 5.74) is 3.82. The molecule has 2 N–H and O–H groups in total. The van der Waals surface area contributed by atoms with Crippen molar-refractivity contribution in [1.29, 1.82) is 0 Å². The predicted octanol–water partition coefficient (Wildman–Crippen LogP) is 5.02. The smallest absolute Gasteiger partial charge is 0.0395 e. The molecule has 3 nitrogen and oxygen atoms in total. The Morgan fingerprint density at radius 2 is 2.00 bits per heavy atom. The first-order valence-corrected chi connectivity index (χ1v) is 8.59. The van der Waals surface area contributed by atoms with Crippen molar-refractivity contribution < 1.29 is 0 Å². The lowest BCUT2D eigenvalue weighted by molar-refractivity contribution is 0.417. The van der Waals surface area contributed by atoms with E-state index in [-0.39, 0.29) is 0 Å². The van der Waals surface area contributed by atoms with E-state index in [1.54, 1.807) is 5.01 Å². The van der Waals surface area contributed by atoms with Crippen LogP contribution in [0, 0.1) is 0 Å². The fourth-order valence-electron chi connectivity index (χ4n) is 2.22. The Morgan fingerprint density at radius 3 is 2.55 bits per heavy atom. The molecule has 1 aliphatic heterocycles. The minimum absolute atomic E-state index is 0.949. The van der Waals surface area contributed by atoms with E-state index in [9.17, 15) is 0 Å². The molecule has 0 saturated carbocycles. The molecule has 0 amide bonds. The lowest BCUT2D eigenvalue weighted by Crippen LogP contribution is -2.25. The number of allylic oxidation sites excluding steroid dienone is 6. The van der Waals surface area contributed by atoms with Crippen molar-refractivity contribution >= 4 is 5.71 Å². The molecule has 0 unspecified atom stereocenters. The van der Waals surface area contributed by atoms with Gasteiger partial charge in [0.15, 0.2) is 0 Å². The van der Waals surface area contributed by atoms with Crippen molar-refractivity contribution in [2.24, 2.45) is 10.8 Å². The molecule has 0 bridgehead atoms. The molecule has 0 aromatic rings. The number of nitrogens with zero attached hydrogens (tertiary/aromatic N) is 2. The van der Waals surface area contributed by atoms with Crippen LogP contribution in [0.3, 0.4) is 0 Å². The Kier molecular flexibility index (Phi) is 12.5. The van der Waals surface area contributed by atoms with Crippen LogP contribution in [0.5, 0.6) is 0 Å². The van der Waals surface area contributed by atoms with E-state index in [4.69, 9.17) is 5.84 Å². The zero-order valence-electron chi connectivity index (χ0n) is 15.2.